The molecule has 0 aliphatic heterocycles. The Morgan fingerprint density at radius 2 is 1.61 bits per heavy atom. The Morgan fingerprint density at radius 1 is 0.970 bits per heavy atom. The van der Waals surface area contributed by atoms with Gasteiger partial charge < -0.3 is 10.1 Å². The first-order valence-corrected chi connectivity index (χ1v) is 11.3. The van der Waals surface area contributed by atoms with Crippen molar-refractivity contribution < 1.29 is 18.7 Å². The van der Waals surface area contributed by atoms with E-state index >= 15 is 0 Å². The molecule has 0 aliphatic carbocycles. The molecule has 4 aromatic rings. The second-order valence-corrected chi connectivity index (χ2v) is 7.77. The van der Waals surface area contributed by atoms with E-state index in [2.05, 4.69) is 10.3 Å². The lowest BCUT2D eigenvalue weighted by molar-refractivity contribution is -0.125. The Kier molecular flexibility index (Phi) is 6.85. The van der Waals surface area contributed by atoms with Gasteiger partial charge >= 0.3 is 5.97 Å². The van der Waals surface area contributed by atoms with Crippen LogP contribution in [0, 0.1) is 5.82 Å². The van der Waals surface area contributed by atoms with Gasteiger partial charge in [0.25, 0.3) is 5.91 Å². The van der Waals surface area contributed by atoms with E-state index in [9.17, 15) is 14.0 Å². The Bertz CT molecular complexity index is 1250. The monoisotopic (exact) mass is 461 g/mol. The summed E-state index contributed by atoms with van der Waals surface area (Å²) in [6.07, 6.45) is 2.01. The van der Waals surface area contributed by atoms with Crippen LogP contribution in [0.3, 0.4) is 0 Å². The molecule has 0 saturated carbocycles. The predicted molar refractivity (Wildman–Crippen MR) is 125 cm³/mol. The zero-order chi connectivity index (χ0) is 23.2. The highest BCUT2D eigenvalue weighted by Crippen LogP contribution is 2.26. The minimum Gasteiger partial charge on any atom is -0.443 e. The average Bonchev–Trinajstić information content (AvgIpc) is 3.28. The minimum absolute atomic E-state index is 0.124. The number of nitrogens with zero attached hydrogens (tertiary/aromatic N) is 2. The summed E-state index contributed by atoms with van der Waals surface area (Å²) in [6, 6.07) is 23.4. The summed E-state index contributed by atoms with van der Waals surface area (Å²) < 4.78 is 20.7. The van der Waals surface area contributed by atoms with Crippen LogP contribution in [0.2, 0.25) is 0 Å². The summed E-state index contributed by atoms with van der Waals surface area (Å²) in [7, 11) is 0. The van der Waals surface area contributed by atoms with Crippen LogP contribution in [-0.2, 0) is 9.53 Å². The fourth-order valence-corrected chi connectivity index (χ4v) is 3.80. The average molecular weight is 462 g/mol. The topological polar surface area (TPSA) is 73.2 Å². The molecular formula is C25H20FN3O3S. The van der Waals surface area contributed by atoms with Gasteiger partial charge in [0, 0.05) is 16.9 Å². The molecule has 1 N–H and O–H groups in total. The fraction of sp³-hybridized carbons (Fsp3) is 0.0800. The molecule has 166 valence electrons. The van der Waals surface area contributed by atoms with E-state index in [1.54, 1.807) is 65.2 Å². The van der Waals surface area contributed by atoms with Crippen LogP contribution < -0.4 is 5.32 Å². The number of ether oxygens (including phenoxy) is 1. The molecule has 1 atom stereocenters. The van der Waals surface area contributed by atoms with Crippen molar-refractivity contribution in [3.05, 3.63) is 108 Å². The maximum Gasteiger partial charge on any atom is 0.358 e. The van der Waals surface area contributed by atoms with Gasteiger partial charge in [-0.1, -0.05) is 60.3 Å². The van der Waals surface area contributed by atoms with Crippen LogP contribution in [0.25, 0.3) is 5.69 Å². The van der Waals surface area contributed by atoms with E-state index in [4.69, 9.17) is 4.74 Å². The number of rotatable bonds is 7. The van der Waals surface area contributed by atoms with Crippen molar-refractivity contribution in [2.75, 3.05) is 11.6 Å². The van der Waals surface area contributed by atoms with E-state index < -0.39 is 23.8 Å². The van der Waals surface area contributed by atoms with Crippen molar-refractivity contribution in [3.8, 4) is 5.69 Å². The number of imidazole rings is 1. The fourth-order valence-electron chi connectivity index (χ4n) is 3.26. The minimum atomic E-state index is -1.19. The number of esters is 1. The van der Waals surface area contributed by atoms with Crippen molar-refractivity contribution in [2.24, 2.45) is 0 Å². The molecule has 1 heterocycles. The number of hydrogen-bond donors (Lipinski definition) is 1. The molecule has 0 aliphatic rings. The van der Waals surface area contributed by atoms with Crippen molar-refractivity contribution >= 4 is 29.3 Å². The summed E-state index contributed by atoms with van der Waals surface area (Å²) >= 11 is 1.33. The van der Waals surface area contributed by atoms with Gasteiger partial charge in [-0.3, -0.25) is 9.36 Å². The highest BCUT2D eigenvalue weighted by molar-refractivity contribution is 7.98. The third-order valence-corrected chi connectivity index (χ3v) is 5.47. The zero-order valence-corrected chi connectivity index (χ0v) is 18.5. The van der Waals surface area contributed by atoms with Gasteiger partial charge in [-0.05, 0) is 42.7 Å². The molecule has 0 bridgehead atoms. The van der Waals surface area contributed by atoms with Gasteiger partial charge in [-0.15, -0.1) is 0 Å². The first kappa shape index (κ1) is 22.3. The lowest BCUT2D eigenvalue weighted by Crippen LogP contribution is -2.26. The number of carbonyl (C=O) groups excluding carboxylic acids is 2. The lowest BCUT2D eigenvalue weighted by atomic mass is 10.1. The van der Waals surface area contributed by atoms with Gasteiger partial charge in [0.1, 0.15) is 5.82 Å². The number of amides is 1. The normalized spacial score (nSPS) is 11.6. The molecule has 4 rings (SSSR count). The van der Waals surface area contributed by atoms with Gasteiger partial charge in [0.15, 0.2) is 10.9 Å². The number of carbonyl (C=O) groups is 2. The quantitative estimate of drug-likeness (QED) is 0.300. The molecule has 1 aromatic heterocycles. The Morgan fingerprint density at radius 3 is 2.24 bits per heavy atom. The molecule has 8 heteroatoms. The number of hydrogen-bond acceptors (Lipinski definition) is 5. The number of para-hydroxylation sites is 1. The molecule has 6 nitrogen and oxygen atoms in total. The van der Waals surface area contributed by atoms with Crippen LogP contribution >= 0.6 is 11.8 Å². The number of nitrogens with one attached hydrogen (secondary N) is 1. The smallest absolute Gasteiger partial charge is 0.358 e. The first-order valence-electron chi connectivity index (χ1n) is 10.1. The maximum atomic E-state index is 13.4. The lowest BCUT2D eigenvalue weighted by Gasteiger charge is -2.19. The standard InChI is InChI=1S/C25H20FN3O3S/c1-33-25-27-16-21(29(25)20-14-12-18(26)13-15-20)24(31)32-22(17-8-4-2-5-9-17)23(30)28-19-10-6-3-7-11-19/h2-16,22H,1H3,(H,28,30). The zero-order valence-electron chi connectivity index (χ0n) is 17.6. The maximum absolute atomic E-state index is 13.4. The van der Waals surface area contributed by atoms with Crippen LogP contribution in [0.5, 0.6) is 0 Å². The molecule has 3 aromatic carbocycles. The van der Waals surface area contributed by atoms with Gasteiger partial charge in [-0.2, -0.15) is 0 Å². The molecule has 0 fully saturated rings. The molecule has 0 saturated heterocycles. The number of thioether (sulfide) groups is 1. The molecule has 33 heavy (non-hydrogen) atoms. The van der Waals surface area contributed by atoms with Crippen molar-refractivity contribution in [2.45, 2.75) is 11.3 Å². The summed E-state index contributed by atoms with van der Waals surface area (Å²) in [5.74, 6) is -1.61. The van der Waals surface area contributed by atoms with E-state index in [0.29, 0.717) is 22.1 Å². The SMILES string of the molecule is CSc1ncc(C(=O)OC(C(=O)Nc2ccccc2)c2ccccc2)n1-c1ccc(F)cc1. The largest absolute Gasteiger partial charge is 0.443 e. The first-order chi connectivity index (χ1) is 16.1. The van der Waals surface area contributed by atoms with Crippen LogP contribution in [0.4, 0.5) is 10.1 Å². The van der Waals surface area contributed by atoms with Gasteiger partial charge in [-0.25, -0.2) is 14.2 Å². The van der Waals surface area contributed by atoms with E-state index in [-0.39, 0.29) is 5.69 Å². The number of aromatic nitrogens is 2. The van der Waals surface area contributed by atoms with Crippen molar-refractivity contribution in [1.29, 1.82) is 0 Å². The Balaban J connectivity index is 1.66. The van der Waals surface area contributed by atoms with E-state index in [1.165, 1.54) is 30.1 Å². The van der Waals surface area contributed by atoms with Gasteiger partial charge in [0.2, 0.25) is 6.10 Å². The summed E-state index contributed by atoms with van der Waals surface area (Å²) in [5, 5.41) is 3.31. The third-order valence-electron chi connectivity index (χ3n) is 4.81. The Labute approximate surface area is 194 Å². The van der Waals surface area contributed by atoms with Crippen LogP contribution in [-0.4, -0.2) is 27.7 Å². The second kappa shape index (κ2) is 10.1. The number of halogens is 1. The molecule has 0 radical (unpaired) electrons. The number of benzene rings is 3. The van der Waals surface area contributed by atoms with Crippen LogP contribution in [0.1, 0.15) is 22.2 Å². The van der Waals surface area contributed by atoms with E-state index in [0.717, 1.165) is 0 Å². The number of anilines is 1. The van der Waals surface area contributed by atoms with Crippen LogP contribution in [0.15, 0.2) is 96.3 Å². The molecule has 1 unspecified atom stereocenters. The highest BCUT2D eigenvalue weighted by atomic mass is 32.2. The molecular weight excluding hydrogens is 441 g/mol. The summed E-state index contributed by atoms with van der Waals surface area (Å²) in [4.78, 5) is 30.6. The summed E-state index contributed by atoms with van der Waals surface area (Å²) in [6.45, 7) is 0. The van der Waals surface area contributed by atoms with Gasteiger partial charge in [0.05, 0.1) is 6.20 Å². The van der Waals surface area contributed by atoms with E-state index in [1.807, 2.05) is 18.4 Å². The highest BCUT2D eigenvalue weighted by Gasteiger charge is 2.28. The summed E-state index contributed by atoms with van der Waals surface area (Å²) in [5.41, 5.74) is 1.78. The Hall–Kier alpha value is -3.91. The predicted octanol–water partition coefficient (Wildman–Crippen LogP) is 5.27. The molecule has 0 spiro atoms. The molecule has 1 amide bonds. The van der Waals surface area contributed by atoms with Crippen molar-refractivity contribution in [1.82, 2.24) is 9.55 Å². The third kappa shape index (κ3) is 5.12. The second-order valence-electron chi connectivity index (χ2n) is 6.99. The van der Waals surface area contributed by atoms with Crippen molar-refractivity contribution in [3.63, 3.8) is 0 Å².